The van der Waals surface area contributed by atoms with Gasteiger partial charge in [0.1, 0.15) is 17.3 Å². The molecular formula is C29H30N2O5. The first-order valence-electron chi connectivity index (χ1n) is 11.7. The van der Waals surface area contributed by atoms with E-state index in [0.717, 1.165) is 11.3 Å². The number of carbonyl (C=O) groups is 2. The predicted molar refractivity (Wildman–Crippen MR) is 141 cm³/mol. The zero-order valence-corrected chi connectivity index (χ0v) is 21.1. The Balaban J connectivity index is 1.90. The normalized spacial score (nSPS) is 16.8. The van der Waals surface area contributed by atoms with Crippen molar-refractivity contribution in [3.63, 3.8) is 0 Å². The minimum Gasteiger partial charge on any atom is -0.507 e. The van der Waals surface area contributed by atoms with E-state index in [9.17, 15) is 14.7 Å². The van der Waals surface area contributed by atoms with Crippen molar-refractivity contribution in [2.24, 2.45) is 0 Å². The number of hydrogen-bond donors (Lipinski definition) is 1. The molecule has 1 aliphatic rings. The number of carbonyl (C=O) groups excluding carboxylic acids is 2. The summed E-state index contributed by atoms with van der Waals surface area (Å²) in [4.78, 5) is 30.2. The lowest BCUT2D eigenvalue weighted by molar-refractivity contribution is -0.132. The summed E-state index contributed by atoms with van der Waals surface area (Å²) in [5.41, 5.74) is 3.45. The first-order valence-corrected chi connectivity index (χ1v) is 11.7. The first kappa shape index (κ1) is 24.9. The van der Waals surface area contributed by atoms with Crippen molar-refractivity contribution in [2.75, 3.05) is 37.6 Å². The highest BCUT2D eigenvalue weighted by atomic mass is 16.5. The van der Waals surface area contributed by atoms with Crippen LogP contribution in [0.2, 0.25) is 0 Å². The third-order valence-corrected chi connectivity index (χ3v) is 6.28. The fourth-order valence-electron chi connectivity index (χ4n) is 4.41. The van der Waals surface area contributed by atoms with Crippen LogP contribution in [0.15, 0.2) is 72.3 Å². The molecule has 1 amide bonds. The summed E-state index contributed by atoms with van der Waals surface area (Å²) in [6, 6.07) is 19.0. The first-order chi connectivity index (χ1) is 17.3. The Morgan fingerprint density at radius 2 is 1.61 bits per heavy atom. The summed E-state index contributed by atoms with van der Waals surface area (Å²) in [6.45, 7) is 4.23. The predicted octanol–water partition coefficient (Wildman–Crippen LogP) is 5.09. The molecule has 0 radical (unpaired) electrons. The van der Waals surface area contributed by atoms with Gasteiger partial charge in [-0.1, -0.05) is 12.1 Å². The molecule has 186 valence electrons. The molecule has 3 aromatic carbocycles. The quantitative estimate of drug-likeness (QED) is 0.285. The fraction of sp³-hybridized carbons (Fsp3) is 0.241. The number of hydrogen-bond acceptors (Lipinski definition) is 6. The highest BCUT2D eigenvalue weighted by Gasteiger charge is 2.47. The number of amides is 1. The van der Waals surface area contributed by atoms with Crippen LogP contribution in [-0.4, -0.2) is 44.6 Å². The van der Waals surface area contributed by atoms with Gasteiger partial charge in [0.15, 0.2) is 0 Å². The van der Waals surface area contributed by atoms with E-state index in [1.54, 1.807) is 49.6 Å². The van der Waals surface area contributed by atoms with Crippen LogP contribution in [0.4, 0.5) is 11.4 Å². The van der Waals surface area contributed by atoms with Crippen molar-refractivity contribution in [1.29, 1.82) is 0 Å². The molecule has 36 heavy (non-hydrogen) atoms. The molecule has 7 nitrogen and oxygen atoms in total. The van der Waals surface area contributed by atoms with Crippen LogP contribution >= 0.6 is 0 Å². The zero-order chi connectivity index (χ0) is 26.0. The molecule has 1 N–H and O–H groups in total. The van der Waals surface area contributed by atoms with Crippen molar-refractivity contribution in [3.05, 3.63) is 89.0 Å². The minimum atomic E-state index is -0.805. The van der Waals surface area contributed by atoms with Gasteiger partial charge in [-0.3, -0.25) is 14.5 Å². The molecule has 1 heterocycles. The van der Waals surface area contributed by atoms with E-state index < -0.39 is 17.7 Å². The SMILES string of the molecule is CCOc1ccc(N2C(=O)C(=O)/C(=C(\O)c3ccc(OC)cc3C)C2c2ccc(N(C)C)cc2)cc1. The topological polar surface area (TPSA) is 79.3 Å². The average Bonchev–Trinajstić information content (AvgIpc) is 3.14. The Bertz CT molecular complexity index is 1310. The second kappa shape index (κ2) is 10.2. The number of ketones is 1. The van der Waals surface area contributed by atoms with Crippen LogP contribution < -0.4 is 19.3 Å². The van der Waals surface area contributed by atoms with Crippen molar-refractivity contribution in [1.82, 2.24) is 0 Å². The standard InChI is InChI=1S/C29H30N2O5/c1-6-36-22-13-11-21(12-14-22)31-26(19-7-9-20(10-8-19)30(3)4)25(28(33)29(31)34)27(32)24-16-15-23(35-5)17-18(24)2/h7-17,26,32H,6H2,1-5H3/b27-25-. The Kier molecular flexibility index (Phi) is 7.01. The molecule has 1 fully saturated rings. The van der Waals surface area contributed by atoms with E-state index in [2.05, 4.69) is 0 Å². The molecule has 0 aromatic heterocycles. The third-order valence-electron chi connectivity index (χ3n) is 6.28. The highest BCUT2D eigenvalue weighted by Crippen LogP contribution is 2.43. The molecule has 1 unspecified atom stereocenters. The summed E-state index contributed by atoms with van der Waals surface area (Å²) in [5.74, 6) is -0.358. The molecule has 0 aliphatic carbocycles. The van der Waals surface area contributed by atoms with E-state index in [1.165, 1.54) is 4.90 Å². The number of Topliss-reactive ketones (excluding diaryl/α,β-unsaturated/α-hetero) is 1. The second-order valence-electron chi connectivity index (χ2n) is 8.76. The van der Waals surface area contributed by atoms with Crippen molar-refractivity contribution < 1.29 is 24.2 Å². The largest absolute Gasteiger partial charge is 0.507 e. The Hall–Kier alpha value is -4.26. The Morgan fingerprint density at radius 3 is 2.17 bits per heavy atom. The molecular weight excluding hydrogens is 456 g/mol. The maximum Gasteiger partial charge on any atom is 0.300 e. The van der Waals surface area contributed by atoms with Crippen LogP contribution in [0.5, 0.6) is 11.5 Å². The van der Waals surface area contributed by atoms with Gasteiger partial charge in [0.2, 0.25) is 0 Å². The van der Waals surface area contributed by atoms with Gasteiger partial charge in [0.25, 0.3) is 11.7 Å². The van der Waals surface area contributed by atoms with Gasteiger partial charge >= 0.3 is 0 Å². The maximum atomic E-state index is 13.4. The van der Waals surface area contributed by atoms with Gasteiger partial charge in [0.05, 0.1) is 25.3 Å². The zero-order valence-electron chi connectivity index (χ0n) is 21.1. The van der Waals surface area contributed by atoms with E-state index in [4.69, 9.17) is 9.47 Å². The van der Waals surface area contributed by atoms with E-state index in [1.807, 2.05) is 57.1 Å². The second-order valence-corrected chi connectivity index (χ2v) is 8.76. The van der Waals surface area contributed by atoms with Crippen LogP contribution in [0.1, 0.15) is 29.7 Å². The van der Waals surface area contributed by atoms with Crippen molar-refractivity contribution >= 4 is 28.8 Å². The smallest absolute Gasteiger partial charge is 0.300 e. The number of nitrogens with zero attached hydrogens (tertiary/aromatic N) is 2. The van der Waals surface area contributed by atoms with Crippen molar-refractivity contribution in [2.45, 2.75) is 19.9 Å². The molecule has 1 atom stereocenters. The number of aryl methyl sites for hydroxylation is 1. The number of methoxy groups -OCH3 is 1. The summed E-state index contributed by atoms with van der Waals surface area (Å²) < 4.78 is 10.8. The fourth-order valence-corrected chi connectivity index (χ4v) is 4.41. The lowest BCUT2D eigenvalue weighted by atomic mass is 9.93. The van der Waals surface area contributed by atoms with Crippen LogP contribution in [0.25, 0.3) is 5.76 Å². The highest BCUT2D eigenvalue weighted by molar-refractivity contribution is 6.51. The van der Waals surface area contributed by atoms with Crippen LogP contribution in [0.3, 0.4) is 0 Å². The number of anilines is 2. The number of ether oxygens (including phenoxy) is 2. The number of aliphatic hydroxyl groups is 1. The molecule has 7 heteroatoms. The summed E-state index contributed by atoms with van der Waals surface area (Å²) in [6.07, 6.45) is 0. The van der Waals surface area contributed by atoms with Gasteiger partial charge in [-0.15, -0.1) is 0 Å². The Labute approximate surface area is 211 Å². The molecule has 1 saturated heterocycles. The number of benzene rings is 3. The summed E-state index contributed by atoms with van der Waals surface area (Å²) >= 11 is 0. The van der Waals surface area contributed by atoms with Gasteiger partial charge in [0, 0.05) is 31.0 Å². The Morgan fingerprint density at radius 1 is 0.972 bits per heavy atom. The lowest BCUT2D eigenvalue weighted by Gasteiger charge is -2.26. The van der Waals surface area contributed by atoms with Gasteiger partial charge in [-0.2, -0.15) is 0 Å². The van der Waals surface area contributed by atoms with Crippen LogP contribution in [0, 0.1) is 6.92 Å². The third kappa shape index (κ3) is 4.52. The van der Waals surface area contributed by atoms with E-state index >= 15 is 0 Å². The lowest BCUT2D eigenvalue weighted by Crippen LogP contribution is -2.29. The molecule has 3 aromatic rings. The van der Waals surface area contributed by atoms with E-state index in [0.29, 0.717) is 34.9 Å². The van der Waals surface area contributed by atoms with Crippen molar-refractivity contribution in [3.8, 4) is 11.5 Å². The van der Waals surface area contributed by atoms with Gasteiger partial charge < -0.3 is 19.5 Å². The van der Waals surface area contributed by atoms with E-state index in [-0.39, 0.29) is 11.3 Å². The number of aliphatic hydroxyl groups excluding tert-OH is 1. The molecule has 0 spiro atoms. The monoisotopic (exact) mass is 486 g/mol. The molecule has 0 bridgehead atoms. The van der Waals surface area contributed by atoms with Gasteiger partial charge in [-0.05, 0) is 79.6 Å². The average molecular weight is 487 g/mol. The number of rotatable bonds is 7. The summed E-state index contributed by atoms with van der Waals surface area (Å²) in [5, 5.41) is 11.4. The maximum absolute atomic E-state index is 13.4. The van der Waals surface area contributed by atoms with Crippen LogP contribution in [-0.2, 0) is 9.59 Å². The summed E-state index contributed by atoms with van der Waals surface area (Å²) in [7, 11) is 5.44. The molecule has 1 aliphatic heterocycles. The molecule has 0 saturated carbocycles. The van der Waals surface area contributed by atoms with Gasteiger partial charge in [-0.25, -0.2) is 0 Å². The molecule has 4 rings (SSSR count). The minimum absolute atomic E-state index is 0.0414.